The van der Waals surface area contributed by atoms with Gasteiger partial charge in [-0.25, -0.2) is 8.98 Å². The van der Waals surface area contributed by atoms with Crippen LogP contribution >= 0.6 is 0 Å². The van der Waals surface area contributed by atoms with E-state index in [0.717, 1.165) is 25.7 Å². The summed E-state index contributed by atoms with van der Waals surface area (Å²) in [5.41, 5.74) is 5.67. The Kier molecular flexibility index (Phi) is 11.7. The monoisotopic (exact) mass is 495 g/mol. The molecule has 5 atom stereocenters. The van der Waals surface area contributed by atoms with Crippen molar-refractivity contribution in [3.63, 3.8) is 0 Å². The molecule has 4 N–H and O–H groups in total. The molecule has 0 radical (unpaired) electrons. The molecule has 12 heteroatoms. The number of carbonyl (C=O) groups excluding carboxylic acids is 1. The molecule has 0 aromatic heterocycles. The maximum absolute atomic E-state index is 11.3. The highest BCUT2D eigenvalue weighted by molar-refractivity contribution is 7.80. The lowest BCUT2D eigenvalue weighted by atomic mass is 9.95. The molecule has 33 heavy (non-hydrogen) atoms. The van der Waals surface area contributed by atoms with Gasteiger partial charge in [-0.2, -0.15) is 8.42 Å². The summed E-state index contributed by atoms with van der Waals surface area (Å²) in [7, 11) is -4.51. The van der Waals surface area contributed by atoms with E-state index < -0.39 is 28.3 Å². The molecule has 2 aliphatic rings. The zero-order valence-electron chi connectivity index (χ0n) is 19.1. The van der Waals surface area contributed by atoms with Gasteiger partial charge in [-0.15, -0.1) is 0 Å². The highest BCUT2D eigenvalue weighted by Gasteiger charge is 2.52. The summed E-state index contributed by atoms with van der Waals surface area (Å²) < 4.78 is 56.5. The van der Waals surface area contributed by atoms with Crippen LogP contribution in [-0.2, 0) is 38.3 Å². The molecule has 0 amide bonds. The first-order valence-corrected chi connectivity index (χ1v) is 12.8. The number of carbonyl (C=O) groups is 1. The first-order chi connectivity index (χ1) is 15.6. The largest absolute Gasteiger partial charge is 0.463 e. The third-order valence-corrected chi connectivity index (χ3v) is 5.98. The van der Waals surface area contributed by atoms with Gasteiger partial charge in [-0.05, 0) is 39.0 Å². The summed E-state index contributed by atoms with van der Waals surface area (Å²) in [5, 5.41) is 10.3. The van der Waals surface area contributed by atoms with E-state index >= 15 is 0 Å². The average Bonchev–Trinajstić information content (AvgIpc) is 3.05. The van der Waals surface area contributed by atoms with Crippen LogP contribution in [0.1, 0.15) is 58.3 Å². The second kappa shape index (κ2) is 13.7. The number of rotatable bonds is 16. The number of ether oxygens (including phenoxy) is 4. The minimum atomic E-state index is -4.51. The van der Waals surface area contributed by atoms with Crippen molar-refractivity contribution in [1.82, 2.24) is 0 Å². The molecule has 11 nitrogen and oxygen atoms in total. The topological polar surface area (TPSA) is 164 Å². The smallest absolute Gasteiger partial charge is 0.397 e. The molecule has 0 aromatic carbocycles. The molecule has 0 spiro atoms. The second-order valence-electron chi connectivity index (χ2n) is 8.35. The van der Waals surface area contributed by atoms with Crippen LogP contribution in [0.4, 0.5) is 0 Å². The van der Waals surface area contributed by atoms with E-state index in [1.807, 2.05) is 0 Å². The summed E-state index contributed by atoms with van der Waals surface area (Å²) in [4.78, 5) is 11.3. The van der Waals surface area contributed by atoms with Crippen molar-refractivity contribution in [2.75, 3.05) is 26.4 Å². The van der Waals surface area contributed by atoms with E-state index in [2.05, 4.69) is 4.18 Å². The predicted octanol–water partition coefficient (Wildman–Crippen LogP) is 1.24. The van der Waals surface area contributed by atoms with Gasteiger partial charge in [0.15, 0.2) is 5.79 Å². The molecule has 0 aromatic rings. The van der Waals surface area contributed by atoms with E-state index in [0.29, 0.717) is 38.9 Å². The molecular weight excluding hydrogens is 458 g/mol. The fourth-order valence-electron chi connectivity index (χ4n) is 4.01. The Bertz CT molecular complexity index is 731. The molecule has 2 rings (SSSR count). The highest BCUT2D eigenvalue weighted by atomic mass is 32.3. The van der Waals surface area contributed by atoms with Gasteiger partial charge in [0.05, 0.1) is 38.1 Å². The van der Waals surface area contributed by atoms with Crippen LogP contribution in [0.15, 0.2) is 12.2 Å². The molecule has 2 bridgehead atoms. The Hall–Kier alpha value is -1.12. The molecule has 2 fully saturated rings. The molecule has 192 valence electrons. The fraction of sp³-hybridized carbons (Fsp3) is 0.857. The Morgan fingerprint density at radius 2 is 2.06 bits per heavy atom. The minimum absolute atomic E-state index is 0.0822. The van der Waals surface area contributed by atoms with Gasteiger partial charge < -0.3 is 29.8 Å². The molecule has 2 unspecified atom stereocenters. The number of aliphatic hydroxyl groups is 1. The third-order valence-electron chi connectivity index (χ3n) is 5.54. The third kappa shape index (κ3) is 10.4. The maximum atomic E-state index is 11.3. The van der Waals surface area contributed by atoms with Crippen molar-refractivity contribution < 1.29 is 46.0 Å². The quantitative estimate of drug-likeness (QED) is 0.122. The van der Waals surface area contributed by atoms with E-state index in [1.54, 1.807) is 13.0 Å². The van der Waals surface area contributed by atoms with Crippen LogP contribution in [0.25, 0.3) is 0 Å². The lowest BCUT2D eigenvalue weighted by Gasteiger charge is -2.33. The van der Waals surface area contributed by atoms with Crippen LogP contribution < -0.4 is 5.73 Å². The first-order valence-electron chi connectivity index (χ1n) is 11.5. The van der Waals surface area contributed by atoms with Gasteiger partial charge in [0.2, 0.25) is 0 Å². The first kappa shape index (κ1) is 28.1. The number of fused-ring (bicyclic) bond motifs is 2. The van der Waals surface area contributed by atoms with Gasteiger partial charge in [0.25, 0.3) is 0 Å². The van der Waals surface area contributed by atoms with Crippen LogP contribution in [-0.4, -0.2) is 80.6 Å². The number of hydrogen-bond donors (Lipinski definition) is 3. The summed E-state index contributed by atoms with van der Waals surface area (Å²) in [6.07, 6.45) is 7.93. The van der Waals surface area contributed by atoms with Crippen molar-refractivity contribution >= 4 is 16.4 Å². The zero-order valence-corrected chi connectivity index (χ0v) is 19.9. The van der Waals surface area contributed by atoms with Crippen molar-refractivity contribution in [3.8, 4) is 0 Å². The van der Waals surface area contributed by atoms with Crippen LogP contribution in [0, 0.1) is 0 Å². The Morgan fingerprint density at radius 3 is 2.79 bits per heavy atom. The predicted molar refractivity (Wildman–Crippen MR) is 117 cm³/mol. The van der Waals surface area contributed by atoms with Gasteiger partial charge in [0.1, 0.15) is 6.10 Å². The van der Waals surface area contributed by atoms with Gasteiger partial charge in [-0.3, -0.25) is 4.55 Å². The Labute approximate surface area is 195 Å². The summed E-state index contributed by atoms with van der Waals surface area (Å²) >= 11 is 0. The van der Waals surface area contributed by atoms with Crippen LogP contribution in [0.3, 0.4) is 0 Å². The van der Waals surface area contributed by atoms with Gasteiger partial charge in [-0.1, -0.05) is 12.5 Å². The second-order valence-corrected chi connectivity index (χ2v) is 9.44. The number of unbranched alkanes of at least 4 members (excludes halogenated alkanes) is 2. The maximum Gasteiger partial charge on any atom is 0.397 e. The standard InChI is InChI=1S/C21H37NO10S/c1-2-29-19(24)9-6-4-3-5-8-18-20-17(23)10-12-21(31-18,32-20)11-7-13-28-14-16(22)15-30-33(25,26)27/h6,9,16-18,20,23H,2-5,7-8,10-15,22H2,1H3,(H,25,26,27)/b9-6+/t16-,17?,18+,20+,21?/m1/s1. The molecule has 2 heterocycles. The minimum Gasteiger partial charge on any atom is -0.463 e. The molecule has 2 aliphatic heterocycles. The van der Waals surface area contributed by atoms with Crippen molar-refractivity contribution in [1.29, 1.82) is 0 Å². The summed E-state index contributed by atoms with van der Waals surface area (Å²) in [5.74, 6) is -1.06. The number of allylic oxidation sites excluding steroid dienone is 1. The zero-order chi connectivity index (χ0) is 24.3. The fourth-order valence-corrected chi connectivity index (χ4v) is 4.36. The average molecular weight is 496 g/mol. The number of aliphatic hydroxyl groups excluding tert-OH is 1. The van der Waals surface area contributed by atoms with Crippen LogP contribution in [0.2, 0.25) is 0 Å². The Morgan fingerprint density at radius 1 is 1.27 bits per heavy atom. The van der Waals surface area contributed by atoms with Crippen molar-refractivity contribution in [3.05, 3.63) is 12.2 Å². The van der Waals surface area contributed by atoms with E-state index in [4.69, 9.17) is 29.2 Å². The molecular formula is C21H37NO10S. The lowest BCUT2D eigenvalue weighted by Crippen LogP contribution is -2.42. The van der Waals surface area contributed by atoms with E-state index in [9.17, 15) is 18.3 Å². The van der Waals surface area contributed by atoms with Crippen molar-refractivity contribution in [2.24, 2.45) is 5.73 Å². The molecule has 0 saturated carbocycles. The number of nitrogens with two attached hydrogens (primary N) is 1. The molecule has 2 saturated heterocycles. The Balaban J connectivity index is 1.66. The molecule has 0 aliphatic carbocycles. The number of esters is 1. The van der Waals surface area contributed by atoms with Gasteiger partial charge in [0, 0.05) is 25.5 Å². The van der Waals surface area contributed by atoms with Gasteiger partial charge >= 0.3 is 16.4 Å². The van der Waals surface area contributed by atoms with E-state index in [-0.39, 0.29) is 31.4 Å². The highest BCUT2D eigenvalue weighted by Crippen LogP contribution is 2.44. The number of hydrogen-bond acceptors (Lipinski definition) is 10. The summed E-state index contributed by atoms with van der Waals surface area (Å²) in [6.45, 7) is 2.22. The SMILES string of the molecule is CCOC(=O)/C=C/CCCC[C@@H]1OC2(CCCOC[C@@H](N)COS(=O)(=O)O)CCC(O)[C@@H]1O2. The van der Waals surface area contributed by atoms with Crippen LogP contribution in [0.5, 0.6) is 0 Å². The summed E-state index contributed by atoms with van der Waals surface area (Å²) in [6, 6.07) is -0.685. The lowest BCUT2D eigenvalue weighted by molar-refractivity contribution is -0.215. The normalized spacial score (nSPS) is 28.3. The van der Waals surface area contributed by atoms with Crippen molar-refractivity contribution in [2.45, 2.75) is 88.4 Å². The van der Waals surface area contributed by atoms with E-state index in [1.165, 1.54) is 6.08 Å².